The fourth-order valence-electron chi connectivity index (χ4n) is 2.85. The van der Waals surface area contributed by atoms with Crippen LogP contribution in [0.5, 0.6) is 11.5 Å². The molecule has 0 atom stereocenters. The van der Waals surface area contributed by atoms with Crippen molar-refractivity contribution in [2.75, 3.05) is 44.1 Å². The number of anilines is 2. The summed E-state index contributed by atoms with van der Waals surface area (Å²) >= 11 is 0. The summed E-state index contributed by atoms with van der Waals surface area (Å²) in [6, 6.07) is 14.2. The first-order valence-corrected chi connectivity index (χ1v) is 8.25. The van der Waals surface area contributed by atoms with Gasteiger partial charge < -0.3 is 19.7 Å². The maximum absolute atomic E-state index is 12.6. The van der Waals surface area contributed by atoms with Gasteiger partial charge >= 0.3 is 6.03 Å². The zero-order valence-corrected chi connectivity index (χ0v) is 14.8. The molecule has 1 aliphatic heterocycles. The number of urea groups is 1. The topological polar surface area (TPSA) is 71.1 Å². The maximum atomic E-state index is 12.6. The summed E-state index contributed by atoms with van der Waals surface area (Å²) in [7, 11) is 3.15. The number of rotatable bonds is 6. The molecule has 7 heteroatoms. The van der Waals surface area contributed by atoms with E-state index in [0.29, 0.717) is 36.0 Å². The van der Waals surface area contributed by atoms with E-state index < -0.39 is 0 Å². The van der Waals surface area contributed by atoms with Gasteiger partial charge in [0.25, 0.3) is 0 Å². The van der Waals surface area contributed by atoms with Crippen LogP contribution in [0.3, 0.4) is 0 Å². The fraction of sp³-hybridized carbons (Fsp3) is 0.263. The van der Waals surface area contributed by atoms with Crippen LogP contribution in [0.15, 0.2) is 48.5 Å². The molecule has 136 valence electrons. The standard InChI is InChI=1S/C19H21N3O4/c1-25-15-9-7-14(8-10-15)20-18(23)13-21-11-12-22(19(21)24)16-5-3-4-6-17(16)26-2/h3-10H,11-13H2,1-2H3,(H,20,23). The molecule has 0 spiro atoms. The van der Waals surface area contributed by atoms with E-state index in [1.807, 2.05) is 24.3 Å². The largest absolute Gasteiger partial charge is 0.497 e. The first kappa shape index (κ1) is 17.6. The summed E-state index contributed by atoms with van der Waals surface area (Å²) in [6.45, 7) is 0.985. The normalized spacial score (nSPS) is 13.7. The van der Waals surface area contributed by atoms with Gasteiger partial charge in [-0.3, -0.25) is 9.69 Å². The van der Waals surface area contributed by atoms with E-state index in [4.69, 9.17) is 9.47 Å². The number of nitrogens with zero attached hydrogens (tertiary/aromatic N) is 2. The van der Waals surface area contributed by atoms with Gasteiger partial charge in [-0.1, -0.05) is 12.1 Å². The van der Waals surface area contributed by atoms with Gasteiger partial charge in [0.05, 0.1) is 19.9 Å². The van der Waals surface area contributed by atoms with Crippen LogP contribution in [0.4, 0.5) is 16.2 Å². The van der Waals surface area contributed by atoms with Crippen molar-refractivity contribution in [2.45, 2.75) is 0 Å². The van der Waals surface area contributed by atoms with E-state index >= 15 is 0 Å². The summed E-state index contributed by atoms with van der Waals surface area (Å²) in [5, 5.41) is 2.79. The molecule has 1 fully saturated rings. The second-order valence-corrected chi connectivity index (χ2v) is 5.80. The summed E-state index contributed by atoms with van der Waals surface area (Å²) in [6.07, 6.45) is 0. The highest BCUT2D eigenvalue weighted by Gasteiger charge is 2.32. The van der Waals surface area contributed by atoms with Crippen molar-refractivity contribution in [3.05, 3.63) is 48.5 Å². The Balaban J connectivity index is 1.62. The number of hydrogen-bond acceptors (Lipinski definition) is 4. The van der Waals surface area contributed by atoms with Crippen LogP contribution in [0.25, 0.3) is 0 Å². The van der Waals surface area contributed by atoms with Crippen molar-refractivity contribution < 1.29 is 19.1 Å². The lowest BCUT2D eigenvalue weighted by molar-refractivity contribution is -0.116. The van der Waals surface area contributed by atoms with Crippen LogP contribution in [-0.2, 0) is 4.79 Å². The Kier molecular flexibility index (Phi) is 5.26. The van der Waals surface area contributed by atoms with E-state index in [-0.39, 0.29) is 18.5 Å². The summed E-state index contributed by atoms with van der Waals surface area (Å²) < 4.78 is 10.4. The lowest BCUT2D eigenvalue weighted by atomic mass is 10.2. The number of hydrogen-bond donors (Lipinski definition) is 1. The Labute approximate surface area is 152 Å². The van der Waals surface area contributed by atoms with Gasteiger partial charge in [-0.25, -0.2) is 4.79 Å². The average Bonchev–Trinajstić information content (AvgIpc) is 3.02. The molecule has 2 aromatic rings. The molecule has 0 saturated carbocycles. The van der Waals surface area contributed by atoms with E-state index in [2.05, 4.69) is 5.32 Å². The van der Waals surface area contributed by atoms with Crippen LogP contribution in [0.1, 0.15) is 0 Å². The lowest BCUT2D eigenvalue weighted by Crippen LogP contribution is -2.37. The Morgan fingerprint density at radius 1 is 1.04 bits per heavy atom. The molecule has 0 radical (unpaired) electrons. The first-order valence-electron chi connectivity index (χ1n) is 8.25. The van der Waals surface area contributed by atoms with Crippen molar-refractivity contribution in [2.24, 2.45) is 0 Å². The predicted molar refractivity (Wildman–Crippen MR) is 98.9 cm³/mol. The highest BCUT2D eigenvalue weighted by Crippen LogP contribution is 2.30. The Morgan fingerprint density at radius 3 is 2.46 bits per heavy atom. The zero-order valence-electron chi connectivity index (χ0n) is 14.8. The molecule has 0 unspecified atom stereocenters. The molecule has 3 rings (SSSR count). The summed E-state index contributed by atoms with van der Waals surface area (Å²) in [5.74, 6) is 1.10. The van der Waals surface area contributed by atoms with Crippen molar-refractivity contribution in [3.8, 4) is 11.5 Å². The predicted octanol–water partition coefficient (Wildman–Crippen LogP) is 2.58. The van der Waals surface area contributed by atoms with Crippen molar-refractivity contribution in [1.29, 1.82) is 0 Å². The molecule has 1 saturated heterocycles. The zero-order chi connectivity index (χ0) is 18.5. The molecule has 0 bridgehead atoms. The molecular weight excluding hydrogens is 334 g/mol. The quantitative estimate of drug-likeness (QED) is 0.865. The van der Waals surface area contributed by atoms with E-state index in [0.717, 1.165) is 0 Å². The molecular formula is C19H21N3O4. The Bertz CT molecular complexity index is 792. The van der Waals surface area contributed by atoms with Crippen molar-refractivity contribution in [1.82, 2.24) is 4.90 Å². The molecule has 1 N–H and O–H groups in total. The third-order valence-corrected chi connectivity index (χ3v) is 4.18. The van der Waals surface area contributed by atoms with Gasteiger partial charge in [0, 0.05) is 18.8 Å². The third kappa shape index (κ3) is 3.72. The van der Waals surface area contributed by atoms with Gasteiger partial charge in [0.15, 0.2) is 0 Å². The lowest BCUT2D eigenvalue weighted by Gasteiger charge is -2.20. The number of carbonyl (C=O) groups is 2. The molecule has 3 amide bonds. The molecule has 1 heterocycles. The monoisotopic (exact) mass is 355 g/mol. The smallest absolute Gasteiger partial charge is 0.325 e. The number of ether oxygens (including phenoxy) is 2. The first-order chi connectivity index (χ1) is 12.6. The molecule has 2 aromatic carbocycles. The Hall–Kier alpha value is -3.22. The van der Waals surface area contributed by atoms with E-state index in [1.54, 1.807) is 43.4 Å². The van der Waals surface area contributed by atoms with Gasteiger partial charge in [-0.15, -0.1) is 0 Å². The van der Waals surface area contributed by atoms with Crippen LogP contribution in [0.2, 0.25) is 0 Å². The molecule has 0 aromatic heterocycles. The van der Waals surface area contributed by atoms with Crippen LogP contribution < -0.4 is 19.7 Å². The second-order valence-electron chi connectivity index (χ2n) is 5.80. The number of methoxy groups -OCH3 is 2. The van der Waals surface area contributed by atoms with Gasteiger partial charge in [-0.05, 0) is 36.4 Å². The minimum absolute atomic E-state index is 0.00346. The van der Waals surface area contributed by atoms with E-state index in [9.17, 15) is 9.59 Å². The van der Waals surface area contributed by atoms with Crippen molar-refractivity contribution >= 4 is 23.3 Å². The highest BCUT2D eigenvalue weighted by atomic mass is 16.5. The SMILES string of the molecule is COc1ccc(NC(=O)CN2CCN(c3ccccc3OC)C2=O)cc1. The fourth-order valence-corrected chi connectivity index (χ4v) is 2.85. The Morgan fingerprint density at radius 2 is 1.77 bits per heavy atom. The van der Waals surface area contributed by atoms with Crippen molar-refractivity contribution in [3.63, 3.8) is 0 Å². The summed E-state index contributed by atoms with van der Waals surface area (Å²) in [4.78, 5) is 28.0. The molecule has 26 heavy (non-hydrogen) atoms. The van der Waals surface area contributed by atoms with Crippen LogP contribution >= 0.6 is 0 Å². The molecule has 1 aliphatic rings. The number of para-hydroxylation sites is 2. The van der Waals surface area contributed by atoms with Crippen LogP contribution in [0, 0.1) is 0 Å². The minimum Gasteiger partial charge on any atom is -0.497 e. The second kappa shape index (κ2) is 7.77. The third-order valence-electron chi connectivity index (χ3n) is 4.18. The van der Waals surface area contributed by atoms with Gasteiger partial charge in [0.1, 0.15) is 18.0 Å². The number of amides is 3. The van der Waals surface area contributed by atoms with Crippen LogP contribution in [-0.4, -0.2) is 50.7 Å². The van der Waals surface area contributed by atoms with Gasteiger partial charge in [-0.2, -0.15) is 0 Å². The number of carbonyl (C=O) groups excluding carboxylic acids is 2. The maximum Gasteiger partial charge on any atom is 0.325 e. The van der Waals surface area contributed by atoms with E-state index in [1.165, 1.54) is 4.90 Å². The summed E-state index contributed by atoms with van der Waals surface area (Å²) in [5.41, 5.74) is 1.36. The number of nitrogens with one attached hydrogen (secondary N) is 1. The minimum atomic E-state index is -0.245. The molecule has 7 nitrogen and oxygen atoms in total. The highest BCUT2D eigenvalue weighted by molar-refractivity contribution is 6.00. The molecule has 0 aliphatic carbocycles. The van der Waals surface area contributed by atoms with Gasteiger partial charge in [0.2, 0.25) is 5.91 Å². The average molecular weight is 355 g/mol. The number of benzene rings is 2.